The van der Waals surface area contributed by atoms with Crippen molar-refractivity contribution < 1.29 is 39.3 Å². The minimum absolute atomic E-state index is 0. The smallest absolute Gasteiger partial charge is 0.550 e. The van der Waals surface area contributed by atoms with Gasteiger partial charge < -0.3 is 19.8 Å². The minimum atomic E-state index is -0.932. The Kier molecular flexibility index (Phi) is 16.6. The SMILES string of the molecule is CC(C)(C)CCCCC(=O)[O-].CC(C)(C)CCCCC(=O)[O-].[Zn+2]. The standard InChI is InChI=1S/2C9H18O2.Zn/c2*1-9(2,3)7-5-4-6-8(10)11;/h2*4-7H2,1-3H3,(H,10,11);/q;;+2/p-2. The zero-order valence-electron chi connectivity index (χ0n) is 16.0. The zero-order chi connectivity index (χ0) is 17.8. The number of hydrogen-bond donors (Lipinski definition) is 0. The van der Waals surface area contributed by atoms with Crippen molar-refractivity contribution in [2.24, 2.45) is 10.8 Å². The largest absolute Gasteiger partial charge is 2.00 e. The Morgan fingerprint density at radius 1 is 0.652 bits per heavy atom. The summed E-state index contributed by atoms with van der Waals surface area (Å²) < 4.78 is 0. The van der Waals surface area contributed by atoms with E-state index in [1.54, 1.807) is 0 Å². The van der Waals surface area contributed by atoms with Gasteiger partial charge in [-0.15, -0.1) is 0 Å². The van der Waals surface area contributed by atoms with Gasteiger partial charge in [-0.1, -0.05) is 54.4 Å². The number of carboxylic acid groups (broad SMARTS) is 2. The van der Waals surface area contributed by atoms with Crippen LogP contribution in [0.3, 0.4) is 0 Å². The third-order valence-electron chi connectivity index (χ3n) is 3.12. The van der Waals surface area contributed by atoms with Crippen LogP contribution in [0.5, 0.6) is 0 Å². The van der Waals surface area contributed by atoms with Gasteiger partial charge in [-0.25, -0.2) is 0 Å². The molecule has 0 atom stereocenters. The van der Waals surface area contributed by atoms with Crippen molar-refractivity contribution in [2.45, 2.75) is 92.9 Å². The molecule has 0 N–H and O–H groups in total. The van der Waals surface area contributed by atoms with E-state index in [2.05, 4.69) is 41.5 Å². The average molecular weight is 380 g/mol. The third-order valence-corrected chi connectivity index (χ3v) is 3.12. The molecule has 0 radical (unpaired) electrons. The molecule has 4 nitrogen and oxygen atoms in total. The minimum Gasteiger partial charge on any atom is -0.550 e. The summed E-state index contributed by atoms with van der Waals surface area (Å²) in [6.07, 6.45) is 6.04. The molecule has 0 saturated heterocycles. The molecule has 0 aromatic heterocycles. The van der Waals surface area contributed by atoms with Crippen molar-refractivity contribution in [3.05, 3.63) is 0 Å². The zero-order valence-corrected chi connectivity index (χ0v) is 19.0. The van der Waals surface area contributed by atoms with E-state index in [4.69, 9.17) is 0 Å². The first kappa shape index (κ1) is 27.4. The second-order valence-corrected chi connectivity index (χ2v) is 8.28. The van der Waals surface area contributed by atoms with Gasteiger partial charge in [0, 0.05) is 11.9 Å². The van der Waals surface area contributed by atoms with Crippen LogP contribution in [0, 0.1) is 10.8 Å². The molecular formula is C18H34O4Zn. The van der Waals surface area contributed by atoms with Crippen LogP contribution in [-0.4, -0.2) is 11.9 Å². The molecule has 0 rings (SSSR count). The van der Waals surface area contributed by atoms with Crippen molar-refractivity contribution in [3.63, 3.8) is 0 Å². The number of unbranched alkanes of at least 4 members (excludes halogenated alkanes) is 2. The number of rotatable bonds is 8. The first-order valence-corrected chi connectivity index (χ1v) is 8.23. The molecule has 0 amide bonds. The van der Waals surface area contributed by atoms with Crippen molar-refractivity contribution in [1.29, 1.82) is 0 Å². The normalized spacial score (nSPS) is 11.0. The number of aliphatic carboxylic acids is 2. The van der Waals surface area contributed by atoms with E-state index in [-0.39, 0.29) is 32.3 Å². The molecule has 0 saturated carbocycles. The van der Waals surface area contributed by atoms with Gasteiger partial charge in [0.15, 0.2) is 0 Å². The van der Waals surface area contributed by atoms with Gasteiger partial charge >= 0.3 is 19.5 Å². The average Bonchev–Trinajstić information content (AvgIpc) is 2.28. The third kappa shape index (κ3) is 34.1. The number of hydrogen-bond acceptors (Lipinski definition) is 4. The summed E-state index contributed by atoms with van der Waals surface area (Å²) in [5.41, 5.74) is 0.651. The quantitative estimate of drug-likeness (QED) is 0.479. The summed E-state index contributed by atoms with van der Waals surface area (Å²) in [7, 11) is 0. The van der Waals surface area contributed by atoms with Crippen LogP contribution >= 0.6 is 0 Å². The van der Waals surface area contributed by atoms with Crippen molar-refractivity contribution >= 4 is 11.9 Å². The number of carbonyl (C=O) groups is 2. The number of carboxylic acids is 2. The van der Waals surface area contributed by atoms with Crippen molar-refractivity contribution in [2.75, 3.05) is 0 Å². The Hall–Kier alpha value is -0.437. The van der Waals surface area contributed by atoms with Crippen LogP contribution in [0.1, 0.15) is 92.9 Å². The second-order valence-electron chi connectivity index (χ2n) is 8.28. The van der Waals surface area contributed by atoms with E-state index in [1.807, 2.05) is 0 Å². The van der Waals surface area contributed by atoms with E-state index in [0.717, 1.165) is 38.5 Å². The van der Waals surface area contributed by atoms with E-state index in [0.29, 0.717) is 10.8 Å². The van der Waals surface area contributed by atoms with Gasteiger partial charge in [-0.2, -0.15) is 0 Å². The van der Waals surface area contributed by atoms with Crippen LogP contribution in [0.25, 0.3) is 0 Å². The van der Waals surface area contributed by atoms with Crippen LogP contribution in [0.4, 0.5) is 0 Å². The Morgan fingerprint density at radius 2 is 0.913 bits per heavy atom. The Morgan fingerprint density at radius 3 is 1.09 bits per heavy atom. The molecule has 0 unspecified atom stereocenters. The molecule has 23 heavy (non-hydrogen) atoms. The summed E-state index contributed by atoms with van der Waals surface area (Å²) >= 11 is 0. The van der Waals surface area contributed by atoms with Gasteiger partial charge in [-0.3, -0.25) is 0 Å². The molecule has 0 heterocycles. The molecule has 0 aliphatic rings. The predicted octanol–water partition coefficient (Wildman–Crippen LogP) is 2.68. The predicted molar refractivity (Wildman–Crippen MR) is 85.9 cm³/mol. The summed E-state index contributed by atoms with van der Waals surface area (Å²) in [4.78, 5) is 20.0. The van der Waals surface area contributed by atoms with Gasteiger partial charge in [-0.05, 0) is 49.4 Å². The fraction of sp³-hybridized carbons (Fsp3) is 0.889. The fourth-order valence-electron chi connectivity index (χ4n) is 1.85. The second kappa shape index (κ2) is 14.0. The monoisotopic (exact) mass is 378 g/mol. The molecule has 5 heteroatoms. The van der Waals surface area contributed by atoms with Crippen LogP contribution in [-0.2, 0) is 29.1 Å². The summed E-state index contributed by atoms with van der Waals surface area (Å²) in [6.45, 7) is 13.0. The first-order chi connectivity index (χ1) is 9.83. The Balaban J connectivity index is -0.000000333. The topological polar surface area (TPSA) is 80.3 Å². The molecule has 0 bridgehead atoms. The summed E-state index contributed by atoms with van der Waals surface area (Å²) in [5.74, 6) is -1.86. The molecule has 0 spiro atoms. The molecule has 0 aromatic rings. The first-order valence-electron chi connectivity index (χ1n) is 8.23. The van der Waals surface area contributed by atoms with Gasteiger partial charge in [0.05, 0.1) is 0 Å². The van der Waals surface area contributed by atoms with Crippen molar-refractivity contribution in [3.8, 4) is 0 Å². The van der Waals surface area contributed by atoms with E-state index in [9.17, 15) is 19.8 Å². The molecule has 132 valence electrons. The van der Waals surface area contributed by atoms with Crippen LogP contribution < -0.4 is 10.2 Å². The van der Waals surface area contributed by atoms with Gasteiger partial charge in [0.2, 0.25) is 0 Å². The Bertz CT molecular complexity index is 282. The van der Waals surface area contributed by atoms with E-state index in [1.165, 1.54) is 0 Å². The molecule has 0 aromatic carbocycles. The maximum absolute atomic E-state index is 10.0. The summed E-state index contributed by atoms with van der Waals surface area (Å²) in [6, 6.07) is 0. The molecule has 0 aliphatic heterocycles. The number of carbonyl (C=O) groups excluding carboxylic acids is 2. The molecule has 0 aliphatic carbocycles. The van der Waals surface area contributed by atoms with E-state index < -0.39 is 11.9 Å². The summed E-state index contributed by atoms with van der Waals surface area (Å²) in [5, 5.41) is 20.0. The molecular weight excluding hydrogens is 346 g/mol. The Labute approximate surface area is 155 Å². The van der Waals surface area contributed by atoms with E-state index >= 15 is 0 Å². The maximum Gasteiger partial charge on any atom is 2.00 e. The van der Waals surface area contributed by atoms with Gasteiger partial charge in [0.1, 0.15) is 0 Å². The molecule has 0 fully saturated rings. The van der Waals surface area contributed by atoms with Crippen LogP contribution in [0.15, 0.2) is 0 Å². The van der Waals surface area contributed by atoms with Gasteiger partial charge in [0.25, 0.3) is 0 Å². The van der Waals surface area contributed by atoms with Crippen molar-refractivity contribution in [1.82, 2.24) is 0 Å². The maximum atomic E-state index is 10.0. The fourth-order valence-corrected chi connectivity index (χ4v) is 1.85. The van der Waals surface area contributed by atoms with Crippen LogP contribution in [0.2, 0.25) is 0 Å².